The van der Waals surface area contributed by atoms with Gasteiger partial charge in [-0.3, -0.25) is 0 Å². The Bertz CT molecular complexity index is 313. The Morgan fingerprint density at radius 3 is 2.43 bits per heavy atom. The van der Waals surface area contributed by atoms with Gasteiger partial charge < -0.3 is 5.11 Å². The van der Waals surface area contributed by atoms with Crippen LogP contribution >= 0.6 is 0 Å². The van der Waals surface area contributed by atoms with Crippen molar-refractivity contribution in [2.24, 2.45) is 5.92 Å². The number of rotatable bonds is 3. The zero-order valence-electron chi connectivity index (χ0n) is 9.07. The molecule has 76 valence electrons. The SMILES string of the molecule is Cc1ccccc1C=CC(O)C(C)C. The molecule has 0 amide bonds. The summed E-state index contributed by atoms with van der Waals surface area (Å²) < 4.78 is 0. The summed E-state index contributed by atoms with van der Waals surface area (Å²) in [6.07, 6.45) is 3.49. The van der Waals surface area contributed by atoms with E-state index in [1.807, 2.05) is 38.1 Å². The van der Waals surface area contributed by atoms with Crippen LogP contribution in [-0.2, 0) is 0 Å². The highest BCUT2D eigenvalue weighted by Crippen LogP contribution is 2.11. The Hall–Kier alpha value is -1.08. The molecule has 0 heterocycles. The lowest BCUT2D eigenvalue weighted by atomic mass is 10.0. The molecule has 1 unspecified atom stereocenters. The van der Waals surface area contributed by atoms with Gasteiger partial charge in [0.1, 0.15) is 0 Å². The normalized spacial score (nSPS) is 13.8. The van der Waals surface area contributed by atoms with E-state index in [1.165, 1.54) is 11.1 Å². The van der Waals surface area contributed by atoms with Crippen LogP contribution in [0.4, 0.5) is 0 Å². The van der Waals surface area contributed by atoms with Gasteiger partial charge in [-0.05, 0) is 24.0 Å². The van der Waals surface area contributed by atoms with E-state index in [0.717, 1.165) is 0 Å². The molecule has 1 rings (SSSR count). The van der Waals surface area contributed by atoms with Gasteiger partial charge in [-0.25, -0.2) is 0 Å². The lowest BCUT2D eigenvalue weighted by Gasteiger charge is -2.08. The maximum absolute atomic E-state index is 9.59. The van der Waals surface area contributed by atoms with Gasteiger partial charge in [-0.2, -0.15) is 0 Å². The van der Waals surface area contributed by atoms with Crippen molar-refractivity contribution in [3.63, 3.8) is 0 Å². The number of hydrogen-bond acceptors (Lipinski definition) is 1. The Labute approximate surface area is 86.1 Å². The van der Waals surface area contributed by atoms with Crippen LogP contribution in [0.3, 0.4) is 0 Å². The molecule has 0 aliphatic heterocycles. The molecule has 1 aromatic carbocycles. The van der Waals surface area contributed by atoms with E-state index in [2.05, 4.69) is 19.1 Å². The third-order valence-electron chi connectivity index (χ3n) is 2.34. The summed E-state index contributed by atoms with van der Waals surface area (Å²) in [5.74, 6) is 0.273. The van der Waals surface area contributed by atoms with Crippen LogP contribution in [0.25, 0.3) is 6.08 Å². The third-order valence-corrected chi connectivity index (χ3v) is 2.34. The zero-order valence-corrected chi connectivity index (χ0v) is 9.07. The van der Waals surface area contributed by atoms with E-state index >= 15 is 0 Å². The van der Waals surface area contributed by atoms with Crippen LogP contribution in [0.2, 0.25) is 0 Å². The molecule has 1 atom stereocenters. The largest absolute Gasteiger partial charge is 0.389 e. The molecule has 1 aromatic rings. The molecular formula is C13H18O. The monoisotopic (exact) mass is 190 g/mol. The molecule has 0 radical (unpaired) electrons. The van der Waals surface area contributed by atoms with Crippen molar-refractivity contribution in [1.29, 1.82) is 0 Å². The van der Waals surface area contributed by atoms with Crippen LogP contribution < -0.4 is 0 Å². The Kier molecular flexibility index (Phi) is 3.90. The topological polar surface area (TPSA) is 20.2 Å². The molecule has 14 heavy (non-hydrogen) atoms. The van der Waals surface area contributed by atoms with Crippen molar-refractivity contribution in [3.05, 3.63) is 41.5 Å². The van der Waals surface area contributed by atoms with Gasteiger partial charge >= 0.3 is 0 Å². The standard InChI is InChI=1S/C13H18O/c1-10(2)13(14)9-8-12-7-5-4-6-11(12)3/h4-10,13-14H,1-3H3. The van der Waals surface area contributed by atoms with Crippen molar-refractivity contribution < 1.29 is 5.11 Å². The Morgan fingerprint density at radius 1 is 1.21 bits per heavy atom. The van der Waals surface area contributed by atoms with E-state index < -0.39 is 0 Å². The number of benzene rings is 1. The van der Waals surface area contributed by atoms with Gasteiger partial charge in [0.25, 0.3) is 0 Å². The van der Waals surface area contributed by atoms with E-state index in [9.17, 15) is 5.11 Å². The van der Waals surface area contributed by atoms with Gasteiger partial charge in [-0.1, -0.05) is 50.3 Å². The van der Waals surface area contributed by atoms with Crippen molar-refractivity contribution in [2.45, 2.75) is 26.9 Å². The number of aliphatic hydroxyl groups excluding tert-OH is 1. The van der Waals surface area contributed by atoms with Crippen LogP contribution in [-0.4, -0.2) is 11.2 Å². The average molecular weight is 190 g/mol. The van der Waals surface area contributed by atoms with Gasteiger partial charge in [0.15, 0.2) is 0 Å². The molecule has 0 saturated carbocycles. The minimum Gasteiger partial charge on any atom is -0.389 e. The average Bonchev–Trinajstić information content (AvgIpc) is 2.16. The maximum Gasteiger partial charge on any atom is 0.0747 e. The van der Waals surface area contributed by atoms with Crippen molar-refractivity contribution >= 4 is 6.08 Å². The highest BCUT2D eigenvalue weighted by atomic mass is 16.3. The number of aryl methyl sites for hydroxylation is 1. The molecule has 0 spiro atoms. The summed E-state index contributed by atoms with van der Waals surface area (Å²) in [6, 6.07) is 8.15. The summed E-state index contributed by atoms with van der Waals surface area (Å²) in [5, 5.41) is 9.59. The first-order chi connectivity index (χ1) is 6.61. The molecule has 0 fully saturated rings. The second-order valence-corrected chi connectivity index (χ2v) is 3.95. The molecule has 0 aliphatic rings. The fourth-order valence-electron chi connectivity index (χ4n) is 1.20. The lowest BCUT2D eigenvalue weighted by Crippen LogP contribution is -2.10. The quantitative estimate of drug-likeness (QED) is 0.776. The summed E-state index contributed by atoms with van der Waals surface area (Å²) in [5.41, 5.74) is 2.41. The van der Waals surface area contributed by atoms with E-state index in [0.29, 0.717) is 0 Å². The van der Waals surface area contributed by atoms with Crippen LogP contribution in [0, 0.1) is 12.8 Å². The lowest BCUT2D eigenvalue weighted by molar-refractivity contribution is 0.173. The molecule has 0 aliphatic carbocycles. The first-order valence-electron chi connectivity index (χ1n) is 5.03. The van der Waals surface area contributed by atoms with Crippen LogP contribution in [0.1, 0.15) is 25.0 Å². The highest BCUT2D eigenvalue weighted by Gasteiger charge is 2.03. The molecule has 0 saturated heterocycles. The van der Waals surface area contributed by atoms with Crippen LogP contribution in [0.15, 0.2) is 30.3 Å². The molecule has 0 bridgehead atoms. The minimum atomic E-state index is -0.352. The van der Waals surface area contributed by atoms with Crippen molar-refractivity contribution in [1.82, 2.24) is 0 Å². The minimum absolute atomic E-state index is 0.273. The summed E-state index contributed by atoms with van der Waals surface area (Å²) in [4.78, 5) is 0. The second kappa shape index (κ2) is 4.97. The highest BCUT2D eigenvalue weighted by molar-refractivity contribution is 5.53. The van der Waals surface area contributed by atoms with Gasteiger partial charge in [-0.15, -0.1) is 0 Å². The summed E-state index contributed by atoms with van der Waals surface area (Å²) >= 11 is 0. The third kappa shape index (κ3) is 3.00. The molecule has 0 aromatic heterocycles. The molecule has 1 N–H and O–H groups in total. The fourth-order valence-corrected chi connectivity index (χ4v) is 1.20. The van der Waals surface area contributed by atoms with Crippen LogP contribution in [0.5, 0.6) is 0 Å². The first-order valence-corrected chi connectivity index (χ1v) is 5.03. The van der Waals surface area contributed by atoms with Crippen molar-refractivity contribution in [2.75, 3.05) is 0 Å². The predicted octanol–water partition coefficient (Wildman–Crippen LogP) is 3.03. The van der Waals surface area contributed by atoms with Gasteiger partial charge in [0, 0.05) is 0 Å². The second-order valence-electron chi connectivity index (χ2n) is 3.95. The first kappa shape index (κ1) is 11.0. The number of aliphatic hydroxyl groups is 1. The summed E-state index contributed by atoms with van der Waals surface area (Å²) in [7, 11) is 0. The Morgan fingerprint density at radius 2 is 1.86 bits per heavy atom. The van der Waals surface area contributed by atoms with Gasteiger partial charge in [0.05, 0.1) is 6.10 Å². The van der Waals surface area contributed by atoms with E-state index in [1.54, 1.807) is 0 Å². The molecule has 1 heteroatoms. The van der Waals surface area contributed by atoms with E-state index in [4.69, 9.17) is 0 Å². The molecule has 1 nitrogen and oxygen atoms in total. The van der Waals surface area contributed by atoms with Gasteiger partial charge in [0.2, 0.25) is 0 Å². The zero-order chi connectivity index (χ0) is 10.6. The predicted molar refractivity (Wildman–Crippen MR) is 61.1 cm³/mol. The summed E-state index contributed by atoms with van der Waals surface area (Å²) in [6.45, 7) is 6.08. The van der Waals surface area contributed by atoms with Crippen molar-refractivity contribution in [3.8, 4) is 0 Å². The number of hydrogen-bond donors (Lipinski definition) is 1. The smallest absolute Gasteiger partial charge is 0.0747 e. The van der Waals surface area contributed by atoms with E-state index in [-0.39, 0.29) is 12.0 Å². The molecular weight excluding hydrogens is 172 g/mol. The fraction of sp³-hybridized carbons (Fsp3) is 0.385. The maximum atomic E-state index is 9.59. The Balaban J connectivity index is 2.74.